The van der Waals surface area contributed by atoms with E-state index in [4.69, 9.17) is 5.11 Å². The third-order valence-corrected chi connectivity index (χ3v) is 2.62. The van der Waals surface area contributed by atoms with Gasteiger partial charge in [0.25, 0.3) is 0 Å². The highest BCUT2D eigenvalue weighted by atomic mass is 16.3. The summed E-state index contributed by atoms with van der Waals surface area (Å²) in [5.74, 6) is 0.855. The number of aliphatic hydroxyl groups excluding tert-OH is 1. The van der Waals surface area contributed by atoms with Crippen LogP contribution in [0.2, 0.25) is 0 Å². The molecule has 19 heavy (non-hydrogen) atoms. The van der Waals surface area contributed by atoms with E-state index in [0.29, 0.717) is 13.0 Å². The maximum absolute atomic E-state index is 11.6. The van der Waals surface area contributed by atoms with Gasteiger partial charge in [-0.1, -0.05) is 6.07 Å². The van der Waals surface area contributed by atoms with Crippen LogP contribution in [0.4, 0.5) is 10.6 Å². The summed E-state index contributed by atoms with van der Waals surface area (Å²) < 4.78 is 0. The first kappa shape index (κ1) is 15.2. The Morgan fingerprint density at radius 3 is 2.84 bits per heavy atom. The fourth-order valence-corrected chi connectivity index (χ4v) is 1.53. The summed E-state index contributed by atoms with van der Waals surface area (Å²) in [4.78, 5) is 17.9. The quantitative estimate of drug-likeness (QED) is 0.709. The molecule has 1 heterocycles. The van der Waals surface area contributed by atoms with Crippen LogP contribution in [-0.4, -0.2) is 42.9 Å². The number of hydrogen-bond donors (Lipinski definition) is 3. The first-order valence-corrected chi connectivity index (χ1v) is 6.31. The maximum atomic E-state index is 11.6. The molecule has 6 nitrogen and oxygen atoms in total. The molecule has 1 atom stereocenters. The van der Waals surface area contributed by atoms with Gasteiger partial charge in [0.2, 0.25) is 0 Å². The summed E-state index contributed by atoms with van der Waals surface area (Å²) >= 11 is 0. The van der Waals surface area contributed by atoms with Gasteiger partial charge in [0, 0.05) is 26.7 Å². The summed E-state index contributed by atoms with van der Waals surface area (Å²) in [7, 11) is 3.84. The van der Waals surface area contributed by atoms with Gasteiger partial charge in [-0.2, -0.15) is 0 Å². The van der Waals surface area contributed by atoms with E-state index >= 15 is 0 Å². The van der Waals surface area contributed by atoms with Gasteiger partial charge in [-0.25, -0.2) is 9.78 Å². The number of carbonyl (C=O) groups is 1. The highest BCUT2D eigenvalue weighted by Gasteiger charge is 2.06. The topological polar surface area (TPSA) is 77.5 Å². The number of amides is 2. The lowest BCUT2D eigenvalue weighted by Gasteiger charge is -2.14. The molecule has 2 amide bonds. The molecule has 3 N–H and O–H groups in total. The van der Waals surface area contributed by atoms with Crippen molar-refractivity contribution in [3.8, 4) is 0 Å². The van der Waals surface area contributed by atoms with Crippen LogP contribution in [0.1, 0.15) is 19.0 Å². The predicted octanol–water partition coefficient (Wildman–Crippen LogP) is 0.718. The van der Waals surface area contributed by atoms with Gasteiger partial charge in [-0.3, -0.25) is 0 Å². The second kappa shape index (κ2) is 7.58. The van der Waals surface area contributed by atoms with Gasteiger partial charge in [-0.15, -0.1) is 0 Å². The minimum absolute atomic E-state index is 0.0499. The van der Waals surface area contributed by atoms with Crippen LogP contribution >= 0.6 is 0 Å². The molecule has 1 aromatic rings. The molecule has 0 saturated heterocycles. The minimum Gasteiger partial charge on any atom is -0.396 e. The Bertz CT molecular complexity index is 409. The molecule has 0 spiro atoms. The van der Waals surface area contributed by atoms with Gasteiger partial charge in [0.15, 0.2) is 0 Å². The second-order valence-corrected chi connectivity index (χ2v) is 4.62. The Kier molecular flexibility index (Phi) is 6.08. The lowest BCUT2D eigenvalue weighted by molar-refractivity contribution is 0.230. The van der Waals surface area contributed by atoms with Crippen LogP contribution in [0.5, 0.6) is 0 Å². The minimum atomic E-state index is -0.252. The Morgan fingerprint density at radius 2 is 2.21 bits per heavy atom. The molecule has 0 aliphatic rings. The van der Waals surface area contributed by atoms with Crippen molar-refractivity contribution in [3.63, 3.8) is 0 Å². The molecule has 0 bridgehead atoms. The van der Waals surface area contributed by atoms with E-state index in [0.717, 1.165) is 11.5 Å². The average Bonchev–Trinajstić information content (AvgIpc) is 2.37. The van der Waals surface area contributed by atoms with Crippen molar-refractivity contribution in [2.75, 3.05) is 25.6 Å². The standard InChI is InChI=1S/C13H22N4O2/c1-10(7-8-18)15-13(19)14-9-11-5-4-6-12(16-11)17(2)3/h4-6,10,18H,7-9H2,1-3H3,(H2,14,15,19)/t10-/m1/s1. The molecular formula is C13H22N4O2. The molecule has 0 unspecified atom stereocenters. The molecule has 0 fully saturated rings. The first-order valence-electron chi connectivity index (χ1n) is 6.31. The van der Waals surface area contributed by atoms with Crippen LogP contribution in [0.3, 0.4) is 0 Å². The average molecular weight is 266 g/mol. The number of carbonyl (C=O) groups excluding carboxylic acids is 1. The van der Waals surface area contributed by atoms with Crippen LogP contribution in [0.15, 0.2) is 18.2 Å². The van der Waals surface area contributed by atoms with Gasteiger partial charge >= 0.3 is 6.03 Å². The Morgan fingerprint density at radius 1 is 1.47 bits per heavy atom. The summed E-state index contributed by atoms with van der Waals surface area (Å²) in [6, 6.07) is 5.38. The zero-order valence-electron chi connectivity index (χ0n) is 11.7. The molecule has 0 aliphatic carbocycles. The normalized spacial score (nSPS) is 11.8. The number of nitrogens with zero attached hydrogens (tertiary/aromatic N) is 2. The lowest BCUT2D eigenvalue weighted by Crippen LogP contribution is -2.40. The monoisotopic (exact) mass is 266 g/mol. The molecule has 106 valence electrons. The summed E-state index contributed by atoms with van der Waals surface area (Å²) in [6.07, 6.45) is 0.543. The van der Waals surface area contributed by atoms with Crippen LogP contribution in [-0.2, 0) is 6.54 Å². The van der Waals surface area contributed by atoms with Gasteiger partial charge in [-0.05, 0) is 25.5 Å². The van der Waals surface area contributed by atoms with Gasteiger partial charge < -0.3 is 20.6 Å². The van der Waals surface area contributed by atoms with E-state index in [1.165, 1.54) is 0 Å². The van der Waals surface area contributed by atoms with Crippen molar-refractivity contribution in [2.45, 2.75) is 25.9 Å². The number of nitrogens with one attached hydrogen (secondary N) is 2. The SMILES string of the molecule is C[C@H](CCO)NC(=O)NCc1cccc(N(C)C)n1. The van der Waals surface area contributed by atoms with E-state index < -0.39 is 0 Å². The fraction of sp³-hybridized carbons (Fsp3) is 0.538. The lowest BCUT2D eigenvalue weighted by atomic mass is 10.2. The van der Waals surface area contributed by atoms with E-state index in [1.54, 1.807) is 0 Å². The van der Waals surface area contributed by atoms with Gasteiger partial charge in [0.05, 0.1) is 12.2 Å². The number of hydrogen-bond acceptors (Lipinski definition) is 4. The Balaban J connectivity index is 2.43. The summed E-state index contributed by atoms with van der Waals surface area (Å²) in [6.45, 7) is 2.29. The van der Waals surface area contributed by atoms with Crippen LogP contribution in [0, 0.1) is 0 Å². The molecule has 1 rings (SSSR count). The van der Waals surface area contributed by atoms with Gasteiger partial charge in [0.1, 0.15) is 5.82 Å². The van der Waals surface area contributed by atoms with Crippen LogP contribution in [0.25, 0.3) is 0 Å². The third-order valence-electron chi connectivity index (χ3n) is 2.62. The first-order chi connectivity index (χ1) is 9.02. The number of aliphatic hydroxyl groups is 1. The van der Waals surface area contributed by atoms with Crippen molar-refractivity contribution in [2.24, 2.45) is 0 Å². The van der Waals surface area contributed by atoms with E-state index in [-0.39, 0.29) is 18.7 Å². The fourth-order valence-electron chi connectivity index (χ4n) is 1.53. The molecule has 0 aromatic carbocycles. The number of aromatic nitrogens is 1. The Labute approximate surface area is 113 Å². The van der Waals surface area contributed by atoms with Crippen LogP contribution < -0.4 is 15.5 Å². The maximum Gasteiger partial charge on any atom is 0.315 e. The molecule has 1 aromatic heterocycles. The highest BCUT2D eigenvalue weighted by molar-refractivity contribution is 5.74. The number of rotatable bonds is 6. The Hall–Kier alpha value is -1.82. The zero-order chi connectivity index (χ0) is 14.3. The van der Waals surface area contributed by atoms with Crippen molar-refractivity contribution < 1.29 is 9.90 Å². The van der Waals surface area contributed by atoms with Crippen molar-refractivity contribution in [3.05, 3.63) is 23.9 Å². The van der Waals surface area contributed by atoms with Crippen molar-refractivity contribution in [1.82, 2.24) is 15.6 Å². The molecule has 0 aliphatic heterocycles. The molecule has 6 heteroatoms. The predicted molar refractivity (Wildman–Crippen MR) is 75.1 cm³/mol. The third kappa shape index (κ3) is 5.56. The summed E-state index contributed by atoms with van der Waals surface area (Å²) in [5, 5.41) is 14.2. The highest BCUT2D eigenvalue weighted by Crippen LogP contribution is 2.07. The van der Waals surface area contributed by atoms with E-state index in [9.17, 15) is 4.79 Å². The molecular weight excluding hydrogens is 244 g/mol. The number of anilines is 1. The second-order valence-electron chi connectivity index (χ2n) is 4.62. The molecule has 0 saturated carbocycles. The van der Waals surface area contributed by atoms with Crippen molar-refractivity contribution >= 4 is 11.8 Å². The molecule has 0 radical (unpaired) electrons. The number of urea groups is 1. The smallest absolute Gasteiger partial charge is 0.315 e. The van der Waals surface area contributed by atoms with E-state index in [2.05, 4.69) is 15.6 Å². The van der Waals surface area contributed by atoms with E-state index in [1.807, 2.05) is 44.1 Å². The summed E-state index contributed by atoms with van der Waals surface area (Å²) in [5.41, 5.74) is 0.802. The zero-order valence-corrected chi connectivity index (χ0v) is 11.7. The number of pyridine rings is 1. The van der Waals surface area contributed by atoms with Crippen molar-refractivity contribution in [1.29, 1.82) is 0 Å². The largest absolute Gasteiger partial charge is 0.396 e.